The van der Waals surface area contributed by atoms with E-state index in [1.54, 1.807) is 10.7 Å². The van der Waals surface area contributed by atoms with Gasteiger partial charge < -0.3 is 0 Å². The van der Waals surface area contributed by atoms with E-state index in [0.717, 1.165) is 21.6 Å². The van der Waals surface area contributed by atoms with Crippen molar-refractivity contribution in [2.75, 3.05) is 0 Å². The van der Waals surface area contributed by atoms with Gasteiger partial charge in [0.25, 0.3) is 5.78 Å². The van der Waals surface area contributed by atoms with Gasteiger partial charge in [0.15, 0.2) is 0 Å². The maximum absolute atomic E-state index is 4.34. The molecule has 0 aliphatic carbocycles. The van der Waals surface area contributed by atoms with Gasteiger partial charge in [-0.25, -0.2) is 4.98 Å². The van der Waals surface area contributed by atoms with Crippen LogP contribution in [-0.4, -0.2) is 19.6 Å². The van der Waals surface area contributed by atoms with E-state index < -0.39 is 0 Å². The van der Waals surface area contributed by atoms with Crippen LogP contribution in [-0.2, 0) is 0 Å². The number of rotatable bonds is 1. The highest BCUT2D eigenvalue weighted by Gasteiger charge is 2.07. The highest BCUT2D eigenvalue weighted by Crippen LogP contribution is 2.21. The Hall–Kier alpha value is -1.75. The van der Waals surface area contributed by atoms with E-state index in [1.165, 1.54) is 0 Å². The lowest BCUT2D eigenvalue weighted by Gasteiger charge is -2.03. The van der Waals surface area contributed by atoms with Crippen LogP contribution in [0.1, 0.15) is 5.82 Å². The van der Waals surface area contributed by atoms with E-state index in [9.17, 15) is 0 Å². The summed E-state index contributed by atoms with van der Waals surface area (Å²) < 4.78 is 2.82. The lowest BCUT2D eigenvalue weighted by Crippen LogP contribution is -1.95. The normalized spacial score (nSPS) is 10.9. The fraction of sp³-hybridized carbons (Fsp3) is 0.0833. The molecule has 2 heterocycles. The lowest BCUT2D eigenvalue weighted by atomic mass is 10.1. The van der Waals surface area contributed by atoms with Crippen LogP contribution in [0.2, 0.25) is 0 Å². The second-order valence-corrected chi connectivity index (χ2v) is 4.62. The zero-order chi connectivity index (χ0) is 11.8. The number of hydrogen-bond acceptors (Lipinski definition) is 3. The highest BCUT2D eigenvalue weighted by atomic mass is 79.9. The van der Waals surface area contributed by atoms with Gasteiger partial charge >= 0.3 is 0 Å². The molecule has 0 amide bonds. The molecule has 0 N–H and O–H groups in total. The minimum absolute atomic E-state index is 0.628. The Morgan fingerprint density at radius 2 is 1.88 bits per heavy atom. The van der Waals surface area contributed by atoms with Crippen molar-refractivity contribution in [3.8, 4) is 11.3 Å². The van der Waals surface area contributed by atoms with Gasteiger partial charge in [0.05, 0.1) is 5.69 Å². The van der Waals surface area contributed by atoms with Crippen molar-refractivity contribution in [1.82, 2.24) is 19.6 Å². The fourth-order valence-corrected chi connectivity index (χ4v) is 2.00. The molecule has 0 aliphatic heterocycles. The number of nitrogens with zero attached hydrogens (tertiary/aromatic N) is 4. The Morgan fingerprint density at radius 3 is 2.65 bits per heavy atom. The van der Waals surface area contributed by atoms with Crippen molar-refractivity contribution in [1.29, 1.82) is 0 Å². The topological polar surface area (TPSA) is 43.1 Å². The molecule has 0 atom stereocenters. The summed E-state index contributed by atoms with van der Waals surface area (Å²) in [6.07, 6.45) is 1.75. The monoisotopic (exact) mass is 288 g/mol. The minimum atomic E-state index is 0.628. The number of hydrogen-bond donors (Lipinski definition) is 0. The summed E-state index contributed by atoms with van der Waals surface area (Å²) in [7, 11) is 0. The van der Waals surface area contributed by atoms with E-state index in [0.29, 0.717) is 5.78 Å². The number of aryl methyl sites for hydroxylation is 1. The minimum Gasteiger partial charge on any atom is -0.220 e. The predicted molar refractivity (Wildman–Crippen MR) is 68.7 cm³/mol. The molecule has 1 aromatic carbocycles. The summed E-state index contributed by atoms with van der Waals surface area (Å²) in [5.41, 5.74) is 2.08. The molecule has 2 aromatic heterocycles. The zero-order valence-corrected chi connectivity index (χ0v) is 10.7. The second-order valence-electron chi connectivity index (χ2n) is 3.71. The lowest BCUT2D eigenvalue weighted by molar-refractivity contribution is 0.924. The molecule has 3 rings (SSSR count). The molecule has 17 heavy (non-hydrogen) atoms. The van der Waals surface area contributed by atoms with Crippen LogP contribution >= 0.6 is 15.9 Å². The summed E-state index contributed by atoms with van der Waals surface area (Å²) in [6.45, 7) is 1.86. The molecule has 0 saturated heterocycles. The van der Waals surface area contributed by atoms with Gasteiger partial charge in [-0.15, -0.1) is 5.10 Å². The highest BCUT2D eigenvalue weighted by molar-refractivity contribution is 9.10. The van der Waals surface area contributed by atoms with E-state index in [2.05, 4.69) is 31.0 Å². The molecule has 0 fully saturated rings. The maximum atomic E-state index is 4.34. The smallest absolute Gasteiger partial charge is 0.220 e. The van der Waals surface area contributed by atoms with E-state index >= 15 is 0 Å². The van der Waals surface area contributed by atoms with Crippen LogP contribution in [0.25, 0.3) is 17.0 Å². The van der Waals surface area contributed by atoms with Gasteiger partial charge in [0.1, 0.15) is 5.82 Å². The molecule has 0 bridgehead atoms. The predicted octanol–water partition coefficient (Wildman–Crippen LogP) is 2.86. The summed E-state index contributed by atoms with van der Waals surface area (Å²) in [6, 6.07) is 10.0. The zero-order valence-electron chi connectivity index (χ0n) is 9.13. The van der Waals surface area contributed by atoms with Gasteiger partial charge in [0, 0.05) is 16.2 Å². The number of benzene rings is 1. The van der Waals surface area contributed by atoms with Crippen LogP contribution < -0.4 is 0 Å². The Labute approximate surface area is 106 Å². The van der Waals surface area contributed by atoms with Gasteiger partial charge in [-0.05, 0) is 25.1 Å². The Kier molecular flexibility index (Phi) is 2.40. The van der Waals surface area contributed by atoms with Gasteiger partial charge in [-0.3, -0.25) is 0 Å². The first kappa shape index (κ1) is 10.4. The van der Waals surface area contributed by atoms with Crippen molar-refractivity contribution in [2.45, 2.75) is 6.92 Å². The standard InChI is InChI=1S/C12H9BrN4/c1-8-15-12-14-7-6-11(17(12)16-8)9-2-4-10(13)5-3-9/h2-7H,1H3. The average molecular weight is 289 g/mol. The number of aromatic nitrogens is 4. The van der Waals surface area contributed by atoms with Crippen molar-refractivity contribution in [3.63, 3.8) is 0 Å². The van der Waals surface area contributed by atoms with Crippen LogP contribution in [0.15, 0.2) is 41.0 Å². The van der Waals surface area contributed by atoms with Crippen molar-refractivity contribution in [2.24, 2.45) is 0 Å². The Bertz CT molecular complexity index is 673. The third-order valence-electron chi connectivity index (χ3n) is 2.49. The molecule has 84 valence electrons. The Morgan fingerprint density at radius 1 is 1.12 bits per heavy atom. The first-order valence-corrected chi connectivity index (χ1v) is 5.98. The van der Waals surface area contributed by atoms with Crippen LogP contribution in [0, 0.1) is 6.92 Å². The molecule has 4 nitrogen and oxygen atoms in total. The average Bonchev–Trinajstić information content (AvgIpc) is 2.70. The molecule has 0 saturated carbocycles. The molecule has 3 aromatic rings. The summed E-state index contributed by atoms with van der Waals surface area (Å²) in [5.74, 6) is 1.35. The second kappa shape index (κ2) is 3.92. The van der Waals surface area contributed by atoms with E-state index in [4.69, 9.17) is 0 Å². The molecular formula is C12H9BrN4. The van der Waals surface area contributed by atoms with Crippen molar-refractivity contribution >= 4 is 21.7 Å². The molecule has 0 aliphatic rings. The van der Waals surface area contributed by atoms with Crippen molar-refractivity contribution < 1.29 is 0 Å². The Balaban J connectivity index is 2.26. The van der Waals surface area contributed by atoms with Crippen LogP contribution in [0.5, 0.6) is 0 Å². The van der Waals surface area contributed by atoms with Gasteiger partial charge in [-0.1, -0.05) is 28.1 Å². The summed E-state index contributed by atoms with van der Waals surface area (Å²) in [5, 5.41) is 4.34. The molecule has 0 spiro atoms. The number of halogens is 1. The third kappa shape index (κ3) is 1.82. The van der Waals surface area contributed by atoms with Crippen LogP contribution in [0.3, 0.4) is 0 Å². The molecular weight excluding hydrogens is 280 g/mol. The largest absolute Gasteiger partial charge is 0.252 e. The first-order chi connectivity index (χ1) is 8.24. The van der Waals surface area contributed by atoms with Crippen molar-refractivity contribution in [3.05, 3.63) is 46.8 Å². The van der Waals surface area contributed by atoms with Crippen LogP contribution in [0.4, 0.5) is 0 Å². The van der Waals surface area contributed by atoms with E-state index in [1.807, 2.05) is 37.3 Å². The maximum Gasteiger partial charge on any atom is 0.252 e. The summed E-state index contributed by atoms with van der Waals surface area (Å²) in [4.78, 5) is 8.43. The van der Waals surface area contributed by atoms with Gasteiger partial charge in [-0.2, -0.15) is 9.50 Å². The first-order valence-electron chi connectivity index (χ1n) is 5.18. The molecule has 0 unspecified atom stereocenters. The molecule has 0 radical (unpaired) electrons. The number of fused-ring (bicyclic) bond motifs is 1. The third-order valence-corrected chi connectivity index (χ3v) is 3.02. The molecule has 5 heteroatoms. The fourth-order valence-electron chi connectivity index (χ4n) is 1.73. The SMILES string of the molecule is Cc1nc2nccc(-c3ccc(Br)cc3)n2n1. The summed E-state index contributed by atoms with van der Waals surface area (Å²) >= 11 is 3.42. The quantitative estimate of drug-likeness (QED) is 0.692. The van der Waals surface area contributed by atoms with E-state index in [-0.39, 0.29) is 0 Å². The van der Waals surface area contributed by atoms with Gasteiger partial charge in [0.2, 0.25) is 0 Å².